The van der Waals surface area contributed by atoms with Gasteiger partial charge >= 0.3 is 145 Å². The van der Waals surface area contributed by atoms with Gasteiger partial charge in [-0.1, -0.05) is 66.2 Å². The first-order valence-corrected chi connectivity index (χ1v) is 23.4. The number of carboxylic acid groups (broad SMARTS) is 2. The zero-order valence-corrected chi connectivity index (χ0v) is 35.1. The Morgan fingerprint density at radius 2 is 0.816 bits per heavy atom. The summed E-state index contributed by atoms with van der Waals surface area (Å²) in [5.41, 5.74) is 0. The third-order valence-electron chi connectivity index (χ3n) is 7.48. The van der Waals surface area contributed by atoms with Crippen molar-refractivity contribution < 1.29 is 38.9 Å². The Morgan fingerprint density at radius 3 is 1.14 bits per heavy atom. The van der Waals surface area contributed by atoms with E-state index in [0.717, 1.165) is 62.8 Å². The predicted molar refractivity (Wildman–Crippen MR) is 204 cm³/mol. The molecule has 0 spiro atoms. The van der Waals surface area contributed by atoms with Crippen LogP contribution in [0.1, 0.15) is 170 Å². The topological polar surface area (TPSA) is 127 Å². The van der Waals surface area contributed by atoms with Crippen LogP contribution < -0.4 is 0 Å². The van der Waals surface area contributed by atoms with Crippen molar-refractivity contribution in [1.82, 2.24) is 0 Å². The van der Waals surface area contributed by atoms with E-state index in [1.165, 1.54) is 77.0 Å². The van der Waals surface area contributed by atoms with Crippen molar-refractivity contribution in [3.8, 4) is 0 Å². The van der Waals surface area contributed by atoms with Crippen LogP contribution >= 0.6 is 0 Å². The molecule has 0 aliphatic heterocycles. The van der Waals surface area contributed by atoms with Gasteiger partial charge in [-0.2, -0.15) is 0 Å². The van der Waals surface area contributed by atoms with Gasteiger partial charge < -0.3 is 19.7 Å². The summed E-state index contributed by atoms with van der Waals surface area (Å²) < 4.78 is 12.9. The number of rotatable bonds is 30. The van der Waals surface area contributed by atoms with Crippen LogP contribution in [0, 0.1) is 11.8 Å². The van der Waals surface area contributed by atoms with Crippen molar-refractivity contribution in [1.29, 1.82) is 0 Å². The van der Waals surface area contributed by atoms with Crippen LogP contribution in [0.4, 0.5) is 0 Å². The SMILES string of the molecule is CC(C)CCCCCOC(=O)/C=C/C(=O)O.CC(C)CCCCCOC(=O)/C=C/C(=O)O.CCCCCCC[CH2][Sn][CH2]CCCCCCC. The van der Waals surface area contributed by atoms with E-state index in [1.54, 1.807) is 21.7 Å². The molecule has 0 amide bonds. The van der Waals surface area contributed by atoms with Crippen LogP contribution in [0.5, 0.6) is 0 Å². The maximum atomic E-state index is 10.9. The van der Waals surface area contributed by atoms with Crippen LogP contribution in [-0.2, 0) is 28.7 Å². The van der Waals surface area contributed by atoms with E-state index in [9.17, 15) is 19.2 Å². The fraction of sp³-hybridized carbons (Fsp3) is 0.800. The zero-order chi connectivity index (χ0) is 37.4. The molecule has 286 valence electrons. The zero-order valence-electron chi connectivity index (χ0n) is 32.3. The summed E-state index contributed by atoms with van der Waals surface area (Å²) in [5, 5.41) is 16.5. The average Bonchev–Trinajstić information content (AvgIpc) is 3.05. The van der Waals surface area contributed by atoms with Gasteiger partial charge in [-0.15, -0.1) is 0 Å². The molecule has 0 saturated heterocycles. The van der Waals surface area contributed by atoms with Gasteiger partial charge in [0.15, 0.2) is 0 Å². The van der Waals surface area contributed by atoms with Crippen molar-refractivity contribution in [2.24, 2.45) is 11.8 Å². The number of carbonyl (C=O) groups is 4. The summed E-state index contributed by atoms with van der Waals surface area (Å²) in [7, 11) is 0. The van der Waals surface area contributed by atoms with E-state index in [2.05, 4.69) is 41.5 Å². The van der Waals surface area contributed by atoms with Crippen LogP contribution in [-0.4, -0.2) is 68.4 Å². The summed E-state index contributed by atoms with van der Waals surface area (Å²) in [6.45, 7) is 14.0. The first-order chi connectivity index (χ1) is 23.5. The van der Waals surface area contributed by atoms with Gasteiger partial charge in [0.25, 0.3) is 0 Å². The normalized spacial score (nSPS) is 10.9. The Labute approximate surface area is 310 Å². The molecule has 49 heavy (non-hydrogen) atoms. The van der Waals surface area contributed by atoms with E-state index < -0.39 is 23.9 Å². The first kappa shape index (κ1) is 51.5. The molecule has 0 aromatic heterocycles. The molecule has 9 heteroatoms. The number of unbranched alkanes of at least 4 members (excludes halogenated alkanes) is 14. The number of hydrogen-bond acceptors (Lipinski definition) is 6. The predicted octanol–water partition coefficient (Wildman–Crippen LogP) is 11.0. The summed E-state index contributed by atoms with van der Waals surface area (Å²) in [6, 6.07) is 0. The van der Waals surface area contributed by atoms with E-state index in [4.69, 9.17) is 19.7 Å². The van der Waals surface area contributed by atoms with Gasteiger partial charge in [0.05, 0.1) is 13.2 Å². The molecule has 0 unspecified atom stereocenters. The Kier molecular flexibility index (Phi) is 44.5. The molecule has 0 aliphatic rings. The summed E-state index contributed by atoms with van der Waals surface area (Å²) in [5.74, 6) is -2.05. The van der Waals surface area contributed by atoms with Crippen molar-refractivity contribution in [3.63, 3.8) is 0 Å². The van der Waals surface area contributed by atoms with Gasteiger partial charge in [-0.05, 0) is 24.7 Å². The molecule has 0 aromatic carbocycles. The van der Waals surface area contributed by atoms with Crippen molar-refractivity contribution >= 4 is 45.0 Å². The molecule has 0 aliphatic carbocycles. The monoisotopic (exact) mass is 802 g/mol. The number of hydrogen-bond donors (Lipinski definition) is 2. The quantitative estimate of drug-likeness (QED) is 0.0318. The van der Waals surface area contributed by atoms with E-state index in [1.807, 2.05) is 0 Å². The third kappa shape index (κ3) is 55.8. The molecule has 0 rings (SSSR count). The molecular weight excluding hydrogens is 727 g/mol. The van der Waals surface area contributed by atoms with Gasteiger partial charge in [0.2, 0.25) is 0 Å². The second kappa shape index (κ2) is 42.3. The Balaban J connectivity index is -0.000000648. The summed E-state index contributed by atoms with van der Waals surface area (Å²) in [4.78, 5) is 42.0. The number of ether oxygens (including phenoxy) is 2. The molecule has 0 aromatic rings. The molecule has 8 nitrogen and oxygen atoms in total. The summed E-state index contributed by atoms with van der Waals surface area (Å²) in [6.07, 6.45) is 29.6. The third-order valence-corrected chi connectivity index (χ3v) is 11.5. The van der Waals surface area contributed by atoms with Crippen LogP contribution in [0.25, 0.3) is 0 Å². The molecule has 0 fully saturated rings. The minimum absolute atomic E-state index is 0.0736. The van der Waals surface area contributed by atoms with E-state index in [0.29, 0.717) is 25.0 Å². The van der Waals surface area contributed by atoms with Gasteiger partial charge in [0.1, 0.15) is 0 Å². The maximum absolute atomic E-state index is 10.9. The Hall–Kier alpha value is -1.84. The van der Waals surface area contributed by atoms with E-state index in [-0.39, 0.29) is 21.1 Å². The Morgan fingerprint density at radius 1 is 0.490 bits per heavy atom. The first-order valence-electron chi connectivity index (χ1n) is 19.3. The fourth-order valence-electron chi connectivity index (χ4n) is 4.57. The van der Waals surface area contributed by atoms with Crippen LogP contribution in [0.15, 0.2) is 24.3 Å². The number of carbonyl (C=O) groups excluding carboxylic acids is 2. The molecule has 0 bridgehead atoms. The van der Waals surface area contributed by atoms with Crippen LogP contribution in [0.3, 0.4) is 0 Å². The van der Waals surface area contributed by atoms with Gasteiger partial charge in [-0.3, -0.25) is 0 Å². The molecule has 0 saturated carbocycles. The van der Waals surface area contributed by atoms with E-state index >= 15 is 0 Å². The second-order valence-electron chi connectivity index (χ2n) is 13.5. The second-order valence-corrected chi connectivity index (χ2v) is 17.7. The molecule has 0 heterocycles. The molecule has 0 atom stereocenters. The fourth-order valence-corrected chi connectivity index (χ4v) is 8.14. The van der Waals surface area contributed by atoms with Crippen LogP contribution in [0.2, 0.25) is 8.87 Å². The van der Waals surface area contributed by atoms with Crippen molar-refractivity contribution in [3.05, 3.63) is 24.3 Å². The number of esters is 2. The summed E-state index contributed by atoms with van der Waals surface area (Å²) >= 11 is 0.0736. The Bertz CT molecular complexity index is 757. The number of aliphatic carboxylic acids is 2. The molecule has 2 radical (unpaired) electrons. The molecule has 2 N–H and O–H groups in total. The minimum atomic E-state index is -1.14. The standard InChI is InChI=1S/2C12H20O4.2C8H17.Sn/c2*1-10(2)6-4-3-5-9-16-12(15)8-7-11(13)14;2*1-3-5-7-8-6-4-2;/h2*7-8,10H,3-6,9H2,1-2H3,(H,13,14);2*1,3-8H2,2H3;/b2*8-7+;;;. The van der Waals surface area contributed by atoms with Crippen molar-refractivity contribution in [2.45, 2.75) is 179 Å². The van der Waals surface area contributed by atoms with Gasteiger partial charge in [0, 0.05) is 24.3 Å². The molecular formula is C40H74O8Sn. The number of carboxylic acids is 2. The average molecular weight is 802 g/mol. The van der Waals surface area contributed by atoms with Gasteiger partial charge in [-0.25, -0.2) is 19.2 Å². The van der Waals surface area contributed by atoms with Crippen molar-refractivity contribution in [2.75, 3.05) is 13.2 Å².